The molecule has 0 aliphatic heterocycles. The van der Waals surface area contributed by atoms with Crippen molar-refractivity contribution in [2.24, 2.45) is 0 Å². The molecule has 13 heavy (non-hydrogen) atoms. The molecule has 0 aromatic heterocycles. The van der Waals surface area contributed by atoms with Crippen LogP contribution in [0.5, 0.6) is 0 Å². The molecule has 0 bridgehead atoms. The number of halogens is 2. The van der Waals surface area contributed by atoms with Crippen LogP contribution in [0.25, 0.3) is 0 Å². The van der Waals surface area contributed by atoms with E-state index in [1.807, 2.05) is 24.3 Å². The van der Waals surface area contributed by atoms with Gasteiger partial charge in [0.25, 0.3) is 0 Å². The zero-order chi connectivity index (χ0) is 9.52. The van der Waals surface area contributed by atoms with Crippen molar-refractivity contribution in [1.29, 1.82) is 0 Å². The van der Waals surface area contributed by atoms with E-state index in [1.165, 1.54) is 0 Å². The molecule has 0 aliphatic rings. The van der Waals surface area contributed by atoms with Gasteiger partial charge in [0, 0.05) is 17.5 Å². The molecule has 1 rings (SSSR count). The van der Waals surface area contributed by atoms with E-state index in [0.29, 0.717) is 19.1 Å². The minimum atomic E-state index is 0.566. The third kappa shape index (κ3) is 3.99. The van der Waals surface area contributed by atoms with Crippen LogP contribution in [-0.4, -0.2) is 12.5 Å². The average molecular weight is 219 g/mol. The molecule has 0 amide bonds. The highest BCUT2D eigenvalue weighted by Gasteiger charge is 1.97. The van der Waals surface area contributed by atoms with Crippen molar-refractivity contribution >= 4 is 23.2 Å². The Morgan fingerprint density at radius 1 is 1.23 bits per heavy atom. The molecule has 0 heterocycles. The lowest BCUT2D eigenvalue weighted by Gasteiger charge is -2.04. The Morgan fingerprint density at radius 3 is 2.69 bits per heavy atom. The first kappa shape index (κ1) is 10.8. The third-order valence-electron chi connectivity index (χ3n) is 1.64. The Balaban J connectivity index is 2.32. The van der Waals surface area contributed by atoms with Crippen LogP contribution in [-0.2, 0) is 11.3 Å². The molecule has 1 nitrogen and oxygen atoms in total. The summed E-state index contributed by atoms with van der Waals surface area (Å²) in [5.74, 6) is 0.641. The predicted octanol–water partition coefficient (Wildman–Crippen LogP) is 3.49. The Bertz CT molecular complexity index is 250. The molecule has 0 saturated heterocycles. The number of ether oxygens (including phenoxy) is 1. The highest BCUT2D eigenvalue weighted by Crippen LogP contribution is 2.15. The van der Waals surface area contributed by atoms with Gasteiger partial charge in [-0.2, -0.15) is 0 Å². The van der Waals surface area contributed by atoms with Crippen LogP contribution in [0.1, 0.15) is 12.0 Å². The Kier molecular flexibility index (Phi) is 5.21. The number of benzene rings is 1. The number of hydrogen-bond donors (Lipinski definition) is 0. The summed E-state index contributed by atoms with van der Waals surface area (Å²) in [5, 5.41) is 0.758. The largest absolute Gasteiger partial charge is 0.377 e. The maximum absolute atomic E-state index is 5.93. The second kappa shape index (κ2) is 6.25. The van der Waals surface area contributed by atoms with Crippen molar-refractivity contribution in [3.05, 3.63) is 34.9 Å². The van der Waals surface area contributed by atoms with Gasteiger partial charge in [0.2, 0.25) is 0 Å². The highest BCUT2D eigenvalue weighted by molar-refractivity contribution is 6.31. The zero-order valence-corrected chi connectivity index (χ0v) is 8.81. The van der Waals surface area contributed by atoms with Gasteiger partial charge in [0.1, 0.15) is 0 Å². The molecule has 0 radical (unpaired) electrons. The van der Waals surface area contributed by atoms with Crippen LogP contribution in [0.15, 0.2) is 24.3 Å². The predicted molar refractivity (Wildman–Crippen MR) is 56.4 cm³/mol. The summed E-state index contributed by atoms with van der Waals surface area (Å²) in [6.07, 6.45) is 0.881. The van der Waals surface area contributed by atoms with Crippen LogP contribution in [0.3, 0.4) is 0 Å². The summed E-state index contributed by atoms with van der Waals surface area (Å²) >= 11 is 11.4. The lowest BCUT2D eigenvalue weighted by Crippen LogP contribution is -1.96. The Morgan fingerprint density at radius 2 is 2.00 bits per heavy atom. The fraction of sp³-hybridized carbons (Fsp3) is 0.400. The smallest absolute Gasteiger partial charge is 0.0731 e. The van der Waals surface area contributed by atoms with E-state index in [1.54, 1.807) is 0 Å². The van der Waals surface area contributed by atoms with E-state index in [9.17, 15) is 0 Å². The van der Waals surface area contributed by atoms with Crippen molar-refractivity contribution in [1.82, 2.24) is 0 Å². The van der Waals surface area contributed by atoms with Gasteiger partial charge in [-0.05, 0) is 18.1 Å². The number of alkyl halides is 1. The molecular formula is C10H12Cl2O. The lowest BCUT2D eigenvalue weighted by molar-refractivity contribution is 0.122. The normalized spacial score (nSPS) is 10.3. The minimum absolute atomic E-state index is 0.566. The first-order valence-electron chi connectivity index (χ1n) is 4.21. The van der Waals surface area contributed by atoms with Crippen LogP contribution < -0.4 is 0 Å². The van der Waals surface area contributed by atoms with Gasteiger partial charge >= 0.3 is 0 Å². The van der Waals surface area contributed by atoms with Crippen LogP contribution in [0.2, 0.25) is 5.02 Å². The monoisotopic (exact) mass is 218 g/mol. The maximum Gasteiger partial charge on any atom is 0.0731 e. The molecule has 0 spiro atoms. The van der Waals surface area contributed by atoms with Gasteiger partial charge in [-0.15, -0.1) is 11.6 Å². The molecule has 0 atom stereocenters. The van der Waals surface area contributed by atoms with E-state index in [4.69, 9.17) is 27.9 Å². The van der Waals surface area contributed by atoms with Crippen molar-refractivity contribution < 1.29 is 4.74 Å². The van der Waals surface area contributed by atoms with Gasteiger partial charge in [0.15, 0.2) is 0 Å². The SMILES string of the molecule is ClCCCOCc1ccccc1Cl. The standard InChI is InChI=1S/C10H12Cl2O/c11-6-3-7-13-8-9-4-1-2-5-10(9)12/h1-2,4-5H,3,6-8H2. The topological polar surface area (TPSA) is 9.23 Å². The maximum atomic E-state index is 5.93. The summed E-state index contributed by atoms with van der Waals surface area (Å²) in [6, 6.07) is 7.68. The molecule has 1 aromatic carbocycles. The third-order valence-corrected chi connectivity index (χ3v) is 2.27. The molecular weight excluding hydrogens is 207 g/mol. The molecule has 0 N–H and O–H groups in total. The second-order valence-electron chi connectivity index (χ2n) is 2.69. The minimum Gasteiger partial charge on any atom is -0.377 e. The Labute approximate surface area is 88.6 Å². The van der Waals surface area contributed by atoms with Crippen molar-refractivity contribution in [3.63, 3.8) is 0 Å². The molecule has 0 saturated carbocycles. The van der Waals surface area contributed by atoms with Crippen molar-refractivity contribution in [3.8, 4) is 0 Å². The van der Waals surface area contributed by atoms with E-state index < -0.39 is 0 Å². The molecule has 72 valence electrons. The van der Waals surface area contributed by atoms with E-state index in [0.717, 1.165) is 17.0 Å². The van der Waals surface area contributed by atoms with Gasteiger partial charge < -0.3 is 4.74 Å². The van der Waals surface area contributed by atoms with Gasteiger partial charge in [0.05, 0.1) is 6.61 Å². The van der Waals surface area contributed by atoms with E-state index in [-0.39, 0.29) is 0 Å². The van der Waals surface area contributed by atoms with Crippen molar-refractivity contribution in [2.45, 2.75) is 13.0 Å². The molecule has 0 aliphatic carbocycles. The first-order valence-corrected chi connectivity index (χ1v) is 5.13. The second-order valence-corrected chi connectivity index (χ2v) is 3.47. The van der Waals surface area contributed by atoms with E-state index >= 15 is 0 Å². The average Bonchev–Trinajstić information content (AvgIpc) is 2.15. The Hall–Kier alpha value is -0.240. The van der Waals surface area contributed by atoms with Crippen LogP contribution in [0.4, 0.5) is 0 Å². The number of hydrogen-bond acceptors (Lipinski definition) is 1. The van der Waals surface area contributed by atoms with E-state index in [2.05, 4.69) is 0 Å². The molecule has 1 aromatic rings. The number of rotatable bonds is 5. The van der Waals surface area contributed by atoms with Gasteiger partial charge in [-0.3, -0.25) is 0 Å². The van der Waals surface area contributed by atoms with Gasteiger partial charge in [-0.1, -0.05) is 29.8 Å². The zero-order valence-electron chi connectivity index (χ0n) is 7.30. The summed E-state index contributed by atoms with van der Waals surface area (Å²) in [4.78, 5) is 0. The fourth-order valence-corrected chi connectivity index (χ4v) is 1.25. The summed E-state index contributed by atoms with van der Waals surface area (Å²) in [7, 11) is 0. The quantitative estimate of drug-likeness (QED) is 0.544. The highest BCUT2D eigenvalue weighted by atomic mass is 35.5. The first-order chi connectivity index (χ1) is 6.34. The molecule has 0 unspecified atom stereocenters. The molecule has 0 fully saturated rings. The van der Waals surface area contributed by atoms with Crippen molar-refractivity contribution in [2.75, 3.05) is 12.5 Å². The summed E-state index contributed by atoms with van der Waals surface area (Å²) in [6.45, 7) is 1.26. The summed E-state index contributed by atoms with van der Waals surface area (Å²) in [5.41, 5.74) is 1.03. The lowest BCUT2D eigenvalue weighted by atomic mass is 10.2. The van der Waals surface area contributed by atoms with Crippen LogP contribution in [0, 0.1) is 0 Å². The van der Waals surface area contributed by atoms with Gasteiger partial charge in [-0.25, -0.2) is 0 Å². The summed E-state index contributed by atoms with van der Waals surface area (Å²) < 4.78 is 5.37. The van der Waals surface area contributed by atoms with Crippen LogP contribution >= 0.6 is 23.2 Å². The fourth-order valence-electron chi connectivity index (χ4n) is 0.954. The molecule has 3 heteroatoms.